The third-order valence-electron chi connectivity index (χ3n) is 1.90. The number of hydrogen-bond donors (Lipinski definition) is 0. The fraction of sp³-hybridized carbons (Fsp3) is 0.545. The number of rotatable bonds is 2. The molecule has 0 aliphatic heterocycles. The summed E-state index contributed by atoms with van der Waals surface area (Å²) in [7, 11) is 0. The van der Waals surface area contributed by atoms with Crippen LogP contribution >= 0.6 is 11.6 Å². The first kappa shape index (κ1) is 12.9. The lowest BCUT2D eigenvalue weighted by atomic mass is 9.96. The summed E-state index contributed by atoms with van der Waals surface area (Å²) >= 11 is 5.70. The van der Waals surface area contributed by atoms with Gasteiger partial charge in [-0.25, -0.2) is 9.97 Å². The molecule has 0 fully saturated rings. The first-order valence-electron chi connectivity index (χ1n) is 5.06. The highest BCUT2D eigenvalue weighted by molar-refractivity contribution is 6.28. The molecule has 0 aliphatic carbocycles. The Morgan fingerprint density at radius 2 is 2.12 bits per heavy atom. The van der Waals surface area contributed by atoms with Crippen molar-refractivity contribution in [1.29, 1.82) is 0 Å². The second kappa shape index (κ2) is 4.78. The summed E-state index contributed by atoms with van der Waals surface area (Å²) in [5.41, 5.74) is 0.00307. The van der Waals surface area contributed by atoms with Crippen LogP contribution in [-0.4, -0.2) is 22.4 Å². The minimum absolute atomic E-state index is 0.00307. The molecular formula is C11H16ClN3O. The molecule has 1 heterocycles. The van der Waals surface area contributed by atoms with Crippen LogP contribution in [0, 0.1) is 5.41 Å². The molecule has 1 aromatic rings. The number of halogens is 1. The number of anilines is 1. The van der Waals surface area contributed by atoms with Crippen molar-refractivity contribution in [1.82, 2.24) is 9.97 Å². The molecule has 0 atom stereocenters. The maximum absolute atomic E-state index is 11.6. The van der Waals surface area contributed by atoms with Crippen LogP contribution in [0.3, 0.4) is 0 Å². The Balaban J connectivity index is 2.99. The topological polar surface area (TPSA) is 46.1 Å². The van der Waals surface area contributed by atoms with Gasteiger partial charge >= 0.3 is 0 Å². The van der Waals surface area contributed by atoms with Crippen LogP contribution in [0.15, 0.2) is 12.3 Å². The Hall–Kier alpha value is -1.16. The van der Waals surface area contributed by atoms with Crippen LogP contribution in [0.4, 0.5) is 5.82 Å². The molecule has 1 rings (SSSR count). The van der Waals surface area contributed by atoms with E-state index < -0.39 is 0 Å². The summed E-state index contributed by atoms with van der Waals surface area (Å²) in [6.45, 7) is 8.29. The summed E-state index contributed by atoms with van der Waals surface area (Å²) in [6, 6.07) is 1.68. The van der Waals surface area contributed by atoms with E-state index in [9.17, 15) is 4.79 Å². The van der Waals surface area contributed by atoms with Crippen LogP contribution in [0.25, 0.3) is 0 Å². The quantitative estimate of drug-likeness (QED) is 0.748. The number of hydrogen-bond acceptors (Lipinski definition) is 3. The lowest BCUT2D eigenvalue weighted by Gasteiger charge is -2.28. The van der Waals surface area contributed by atoms with Crippen LogP contribution in [-0.2, 0) is 4.79 Å². The monoisotopic (exact) mass is 241 g/mol. The zero-order valence-corrected chi connectivity index (χ0v) is 10.7. The molecule has 0 spiro atoms. The highest BCUT2D eigenvalue weighted by Gasteiger charge is 2.21. The maximum Gasteiger partial charge on any atom is 0.225 e. The van der Waals surface area contributed by atoms with Gasteiger partial charge < -0.3 is 0 Å². The van der Waals surface area contributed by atoms with Gasteiger partial charge in [-0.05, 0) is 23.1 Å². The molecule has 4 nitrogen and oxygen atoms in total. The molecular weight excluding hydrogens is 226 g/mol. The first-order valence-corrected chi connectivity index (χ1v) is 5.44. The van der Waals surface area contributed by atoms with E-state index in [2.05, 4.69) is 30.7 Å². The van der Waals surface area contributed by atoms with Crippen molar-refractivity contribution in [2.45, 2.75) is 27.7 Å². The normalized spacial score (nSPS) is 11.3. The summed E-state index contributed by atoms with van der Waals surface area (Å²) in [5, 5.41) is 0.151. The largest absolute Gasteiger partial charge is 0.296 e. The van der Waals surface area contributed by atoms with Gasteiger partial charge in [-0.15, -0.1) is 0 Å². The third kappa shape index (κ3) is 3.77. The Bertz CT molecular complexity index is 387. The summed E-state index contributed by atoms with van der Waals surface area (Å²) in [5.74, 6) is 0.493. The lowest BCUT2D eigenvalue weighted by molar-refractivity contribution is -0.116. The molecule has 0 aromatic carbocycles. The van der Waals surface area contributed by atoms with Crippen LogP contribution in [0.2, 0.25) is 5.28 Å². The standard InChI is InChI=1S/C11H16ClN3O/c1-8(16)15(7-11(2,3)4)9-5-6-13-10(12)14-9/h5-6H,7H2,1-4H3. The van der Waals surface area contributed by atoms with Crippen molar-refractivity contribution in [2.24, 2.45) is 5.41 Å². The molecule has 88 valence electrons. The zero-order chi connectivity index (χ0) is 12.3. The van der Waals surface area contributed by atoms with Crippen molar-refractivity contribution in [3.63, 3.8) is 0 Å². The number of carbonyl (C=O) groups excluding carboxylic acids is 1. The van der Waals surface area contributed by atoms with Gasteiger partial charge in [0.15, 0.2) is 0 Å². The number of amides is 1. The predicted octanol–water partition coefficient (Wildman–Crippen LogP) is 2.53. The fourth-order valence-electron chi connectivity index (χ4n) is 1.30. The minimum atomic E-state index is -0.0512. The first-order chi connectivity index (χ1) is 7.29. The van der Waals surface area contributed by atoms with Gasteiger partial charge in [0.25, 0.3) is 0 Å². The second-order valence-corrected chi connectivity index (χ2v) is 5.19. The van der Waals surface area contributed by atoms with Crippen LogP contribution in [0.1, 0.15) is 27.7 Å². The SMILES string of the molecule is CC(=O)N(CC(C)(C)C)c1ccnc(Cl)n1. The average Bonchev–Trinajstić information content (AvgIpc) is 2.12. The second-order valence-electron chi connectivity index (χ2n) is 4.85. The number of carbonyl (C=O) groups is 1. The van der Waals surface area contributed by atoms with Gasteiger partial charge in [0.05, 0.1) is 0 Å². The molecule has 1 aromatic heterocycles. The Morgan fingerprint density at radius 3 is 2.56 bits per heavy atom. The molecule has 0 saturated carbocycles. The van der Waals surface area contributed by atoms with E-state index >= 15 is 0 Å². The highest BCUT2D eigenvalue weighted by Crippen LogP contribution is 2.20. The van der Waals surface area contributed by atoms with Crippen LogP contribution < -0.4 is 4.90 Å². The van der Waals surface area contributed by atoms with E-state index in [1.807, 2.05) is 0 Å². The zero-order valence-electron chi connectivity index (χ0n) is 9.99. The van der Waals surface area contributed by atoms with E-state index in [1.54, 1.807) is 17.2 Å². The van der Waals surface area contributed by atoms with Gasteiger partial charge in [0.1, 0.15) is 5.82 Å². The minimum Gasteiger partial charge on any atom is -0.296 e. The molecule has 0 bridgehead atoms. The van der Waals surface area contributed by atoms with E-state index in [4.69, 9.17) is 11.6 Å². The molecule has 0 unspecified atom stereocenters. The van der Waals surface area contributed by atoms with Crippen LogP contribution in [0.5, 0.6) is 0 Å². The molecule has 0 N–H and O–H groups in total. The molecule has 16 heavy (non-hydrogen) atoms. The fourth-order valence-corrected chi connectivity index (χ4v) is 1.45. The molecule has 0 radical (unpaired) electrons. The Morgan fingerprint density at radius 1 is 1.50 bits per heavy atom. The van der Waals surface area contributed by atoms with E-state index in [1.165, 1.54) is 6.92 Å². The van der Waals surface area contributed by atoms with Crippen molar-refractivity contribution >= 4 is 23.3 Å². The molecule has 5 heteroatoms. The van der Waals surface area contributed by atoms with Gasteiger partial charge in [-0.2, -0.15) is 0 Å². The Kier molecular flexibility index (Phi) is 3.86. The van der Waals surface area contributed by atoms with Crippen molar-refractivity contribution in [2.75, 3.05) is 11.4 Å². The smallest absolute Gasteiger partial charge is 0.225 e. The van der Waals surface area contributed by atoms with E-state index in [0.29, 0.717) is 12.4 Å². The number of nitrogens with zero attached hydrogens (tertiary/aromatic N) is 3. The van der Waals surface area contributed by atoms with Crippen molar-refractivity contribution in [3.05, 3.63) is 17.5 Å². The highest BCUT2D eigenvalue weighted by atomic mass is 35.5. The van der Waals surface area contributed by atoms with E-state index in [0.717, 1.165) is 0 Å². The van der Waals surface area contributed by atoms with E-state index in [-0.39, 0.29) is 16.6 Å². The summed E-state index contributed by atoms with van der Waals surface area (Å²) in [6.07, 6.45) is 1.54. The van der Waals surface area contributed by atoms with Crippen molar-refractivity contribution < 1.29 is 4.79 Å². The summed E-state index contributed by atoms with van der Waals surface area (Å²) < 4.78 is 0. The third-order valence-corrected chi connectivity index (χ3v) is 2.08. The van der Waals surface area contributed by atoms with Gasteiger partial charge in [0, 0.05) is 19.7 Å². The van der Waals surface area contributed by atoms with Gasteiger partial charge in [0.2, 0.25) is 11.2 Å². The maximum atomic E-state index is 11.6. The van der Waals surface area contributed by atoms with Crippen molar-refractivity contribution in [3.8, 4) is 0 Å². The molecule has 1 amide bonds. The lowest BCUT2D eigenvalue weighted by Crippen LogP contribution is -2.36. The summed E-state index contributed by atoms with van der Waals surface area (Å²) in [4.78, 5) is 21.0. The molecule has 0 saturated heterocycles. The Labute approximate surface area is 101 Å². The number of aromatic nitrogens is 2. The predicted molar refractivity (Wildman–Crippen MR) is 64.5 cm³/mol. The van der Waals surface area contributed by atoms with Gasteiger partial charge in [-0.3, -0.25) is 9.69 Å². The molecule has 0 aliphatic rings. The van der Waals surface area contributed by atoms with Gasteiger partial charge in [-0.1, -0.05) is 20.8 Å². The average molecular weight is 242 g/mol.